The smallest absolute Gasteiger partial charge is 0.321 e. The van der Waals surface area contributed by atoms with Crippen molar-refractivity contribution in [3.8, 4) is 5.75 Å². The molecule has 0 saturated heterocycles. The summed E-state index contributed by atoms with van der Waals surface area (Å²) in [5.74, 6) is 0.800. The normalized spacial score (nSPS) is 13.9. The van der Waals surface area contributed by atoms with E-state index in [2.05, 4.69) is 20.8 Å². The van der Waals surface area contributed by atoms with Crippen LogP contribution < -0.4 is 15.4 Å². The van der Waals surface area contributed by atoms with Crippen LogP contribution in [0, 0.1) is 0 Å². The minimum absolute atomic E-state index is 0.203. The van der Waals surface area contributed by atoms with Gasteiger partial charge in [-0.3, -0.25) is 14.7 Å². The van der Waals surface area contributed by atoms with E-state index in [9.17, 15) is 9.59 Å². The summed E-state index contributed by atoms with van der Waals surface area (Å²) in [6, 6.07) is 16.2. The van der Waals surface area contributed by atoms with Crippen LogP contribution >= 0.6 is 23.4 Å². The number of amides is 3. The molecule has 0 radical (unpaired) electrons. The molecule has 2 N–H and O–H groups in total. The molecule has 1 aliphatic rings. The number of carbonyl (C=O) groups excluding carboxylic acids is 2. The van der Waals surface area contributed by atoms with Gasteiger partial charge < -0.3 is 10.1 Å². The van der Waals surface area contributed by atoms with Gasteiger partial charge in [0.2, 0.25) is 5.91 Å². The zero-order valence-corrected chi connectivity index (χ0v) is 18.9. The van der Waals surface area contributed by atoms with Crippen molar-refractivity contribution < 1.29 is 14.3 Å². The number of ether oxygens (including phenoxy) is 1. The molecule has 32 heavy (non-hydrogen) atoms. The number of carbonyl (C=O) groups is 2. The minimum atomic E-state index is -0.674. The van der Waals surface area contributed by atoms with E-state index in [4.69, 9.17) is 16.3 Å². The standard InChI is InChI=1S/C22H22ClN5O3S/c1-24-21(30)25-20(29)19(14-7-3-2-4-8-14)32-22-27-26-18(28(22)15-11-12-15)13-31-17-10-6-5-9-16(17)23/h2-10,15,19H,11-13H2,1H3,(H2,24,25,29,30). The second kappa shape index (κ2) is 10.1. The van der Waals surface area contributed by atoms with E-state index in [1.807, 2.05) is 47.0 Å². The van der Waals surface area contributed by atoms with Gasteiger partial charge in [-0.2, -0.15) is 0 Å². The summed E-state index contributed by atoms with van der Waals surface area (Å²) in [7, 11) is 1.46. The Balaban J connectivity index is 1.58. The number of rotatable bonds is 8. The molecule has 1 fully saturated rings. The van der Waals surface area contributed by atoms with Crippen molar-refractivity contribution in [3.05, 3.63) is 71.0 Å². The Morgan fingerprint density at radius 3 is 2.56 bits per heavy atom. The fraction of sp³-hybridized carbons (Fsp3) is 0.273. The lowest BCUT2D eigenvalue weighted by molar-refractivity contribution is -0.119. The quantitative estimate of drug-likeness (QED) is 0.479. The molecule has 1 aromatic heterocycles. The van der Waals surface area contributed by atoms with Gasteiger partial charge in [-0.05, 0) is 30.5 Å². The Morgan fingerprint density at radius 2 is 1.88 bits per heavy atom. The van der Waals surface area contributed by atoms with E-state index >= 15 is 0 Å². The summed E-state index contributed by atoms with van der Waals surface area (Å²) >= 11 is 7.44. The Bertz CT molecular complexity index is 1100. The first-order valence-corrected chi connectivity index (χ1v) is 11.4. The first-order valence-electron chi connectivity index (χ1n) is 10.1. The molecular formula is C22H22ClN5O3S. The highest BCUT2D eigenvalue weighted by Gasteiger charge is 2.33. The molecule has 8 nitrogen and oxygen atoms in total. The van der Waals surface area contributed by atoms with Crippen molar-refractivity contribution in [1.29, 1.82) is 0 Å². The maximum atomic E-state index is 12.9. The summed E-state index contributed by atoms with van der Waals surface area (Å²) < 4.78 is 7.88. The van der Waals surface area contributed by atoms with Gasteiger partial charge in [-0.15, -0.1) is 10.2 Å². The first kappa shape index (κ1) is 22.2. The topological polar surface area (TPSA) is 98.1 Å². The monoisotopic (exact) mass is 471 g/mol. The van der Waals surface area contributed by atoms with Crippen LogP contribution in [0.4, 0.5) is 4.79 Å². The zero-order valence-electron chi connectivity index (χ0n) is 17.3. The third-order valence-electron chi connectivity index (χ3n) is 4.87. The second-order valence-corrected chi connectivity index (χ2v) is 8.68. The fourth-order valence-corrected chi connectivity index (χ4v) is 4.45. The molecule has 0 aliphatic heterocycles. The number of imide groups is 1. The van der Waals surface area contributed by atoms with Crippen LogP contribution in [-0.4, -0.2) is 33.8 Å². The van der Waals surface area contributed by atoms with E-state index in [0.29, 0.717) is 21.8 Å². The molecule has 3 amide bonds. The Kier molecular flexibility index (Phi) is 6.96. The van der Waals surface area contributed by atoms with E-state index in [-0.39, 0.29) is 12.6 Å². The van der Waals surface area contributed by atoms with Crippen LogP contribution in [0.5, 0.6) is 5.75 Å². The largest absolute Gasteiger partial charge is 0.484 e. The van der Waals surface area contributed by atoms with Crippen LogP contribution in [-0.2, 0) is 11.4 Å². The highest BCUT2D eigenvalue weighted by atomic mass is 35.5. The van der Waals surface area contributed by atoms with Crippen LogP contribution in [0.15, 0.2) is 59.8 Å². The molecule has 3 aromatic rings. The molecule has 1 heterocycles. The van der Waals surface area contributed by atoms with Crippen LogP contribution in [0.25, 0.3) is 0 Å². The van der Waals surface area contributed by atoms with Crippen molar-refractivity contribution in [3.63, 3.8) is 0 Å². The predicted molar refractivity (Wildman–Crippen MR) is 122 cm³/mol. The Labute approximate surface area is 194 Å². The van der Waals surface area contributed by atoms with Crippen LogP contribution in [0.1, 0.15) is 35.5 Å². The lowest BCUT2D eigenvalue weighted by atomic mass is 10.1. The van der Waals surface area contributed by atoms with Crippen molar-refractivity contribution >= 4 is 35.3 Å². The van der Waals surface area contributed by atoms with Gasteiger partial charge >= 0.3 is 6.03 Å². The molecule has 0 bridgehead atoms. The van der Waals surface area contributed by atoms with Gasteiger partial charge in [-0.25, -0.2) is 4.79 Å². The average molecular weight is 472 g/mol. The molecule has 1 unspecified atom stereocenters. The van der Waals surface area contributed by atoms with Crippen molar-refractivity contribution in [2.24, 2.45) is 0 Å². The number of urea groups is 1. The van der Waals surface area contributed by atoms with Gasteiger partial charge in [0.25, 0.3) is 0 Å². The fourth-order valence-electron chi connectivity index (χ4n) is 3.14. The number of aromatic nitrogens is 3. The number of halogens is 1. The number of para-hydroxylation sites is 1. The highest BCUT2D eigenvalue weighted by Crippen LogP contribution is 2.42. The molecule has 2 aromatic carbocycles. The number of benzene rings is 2. The van der Waals surface area contributed by atoms with Crippen molar-refractivity contribution in [2.75, 3.05) is 7.05 Å². The average Bonchev–Trinajstić information content (AvgIpc) is 3.57. The van der Waals surface area contributed by atoms with Gasteiger partial charge in [0.1, 0.15) is 17.6 Å². The van der Waals surface area contributed by atoms with Gasteiger partial charge in [0, 0.05) is 13.1 Å². The number of nitrogens with zero attached hydrogens (tertiary/aromatic N) is 3. The minimum Gasteiger partial charge on any atom is -0.484 e. The summed E-state index contributed by atoms with van der Waals surface area (Å²) in [5.41, 5.74) is 0.762. The van der Waals surface area contributed by atoms with Crippen molar-refractivity contribution in [2.45, 2.75) is 35.9 Å². The van der Waals surface area contributed by atoms with Crippen LogP contribution in [0.2, 0.25) is 5.02 Å². The lowest BCUT2D eigenvalue weighted by Gasteiger charge is -2.17. The summed E-state index contributed by atoms with van der Waals surface area (Å²) in [5, 5.41) is 13.9. The van der Waals surface area contributed by atoms with Crippen LogP contribution in [0.3, 0.4) is 0 Å². The zero-order chi connectivity index (χ0) is 22.5. The maximum Gasteiger partial charge on any atom is 0.321 e. The molecule has 1 saturated carbocycles. The third kappa shape index (κ3) is 5.23. The Morgan fingerprint density at radius 1 is 1.16 bits per heavy atom. The van der Waals surface area contributed by atoms with Gasteiger partial charge in [0.15, 0.2) is 11.0 Å². The van der Waals surface area contributed by atoms with E-state index in [1.54, 1.807) is 12.1 Å². The van der Waals surface area contributed by atoms with Gasteiger partial charge in [-0.1, -0.05) is 65.8 Å². The van der Waals surface area contributed by atoms with Crippen molar-refractivity contribution in [1.82, 2.24) is 25.4 Å². The molecule has 10 heteroatoms. The third-order valence-corrected chi connectivity index (χ3v) is 6.39. The molecule has 4 rings (SSSR count). The molecular weight excluding hydrogens is 450 g/mol. The first-order chi connectivity index (χ1) is 15.6. The molecule has 1 atom stereocenters. The van der Waals surface area contributed by atoms with Gasteiger partial charge in [0.05, 0.1) is 5.02 Å². The number of nitrogens with one attached hydrogen (secondary N) is 2. The summed E-state index contributed by atoms with van der Waals surface area (Å²) in [4.78, 5) is 24.6. The van der Waals surface area contributed by atoms with E-state index < -0.39 is 17.2 Å². The maximum absolute atomic E-state index is 12.9. The second-order valence-electron chi connectivity index (χ2n) is 7.20. The molecule has 1 aliphatic carbocycles. The number of hydrogen-bond acceptors (Lipinski definition) is 6. The molecule has 166 valence electrons. The summed E-state index contributed by atoms with van der Waals surface area (Å²) in [6.45, 7) is 0.203. The summed E-state index contributed by atoms with van der Waals surface area (Å²) in [6.07, 6.45) is 2.01. The molecule has 0 spiro atoms. The van der Waals surface area contributed by atoms with E-state index in [0.717, 1.165) is 18.4 Å². The SMILES string of the molecule is CNC(=O)NC(=O)C(Sc1nnc(COc2ccccc2Cl)n1C1CC1)c1ccccc1. The lowest BCUT2D eigenvalue weighted by Crippen LogP contribution is -2.39. The number of hydrogen-bond donors (Lipinski definition) is 2. The number of thioether (sulfide) groups is 1. The Hall–Kier alpha value is -3.04. The highest BCUT2D eigenvalue weighted by molar-refractivity contribution is 8.00. The predicted octanol–water partition coefficient (Wildman–Crippen LogP) is 4.13. The van der Waals surface area contributed by atoms with E-state index in [1.165, 1.54) is 18.8 Å².